The Labute approximate surface area is 123 Å². The number of pyridine rings is 1. The van der Waals surface area contributed by atoms with Gasteiger partial charge in [-0.25, -0.2) is 0 Å². The fourth-order valence-corrected chi connectivity index (χ4v) is 3.28. The molecule has 0 radical (unpaired) electrons. The van der Waals surface area contributed by atoms with Crippen molar-refractivity contribution in [3.05, 3.63) is 41.5 Å². The number of aromatic nitrogens is 1. The van der Waals surface area contributed by atoms with Crippen LogP contribution in [0, 0.1) is 0 Å². The van der Waals surface area contributed by atoms with E-state index < -0.39 is 5.91 Å². The molecule has 3 heterocycles. The van der Waals surface area contributed by atoms with E-state index in [1.165, 1.54) is 11.3 Å². The minimum absolute atomic E-state index is 0.242. The number of fused-ring (bicyclic) bond motifs is 2. The van der Waals surface area contributed by atoms with Crippen LogP contribution in [-0.4, -0.2) is 17.7 Å². The quantitative estimate of drug-likeness (QED) is 0.789. The van der Waals surface area contributed by atoms with E-state index in [-0.39, 0.29) is 6.79 Å². The Bertz CT molecular complexity index is 872. The molecule has 0 atom stereocenters. The molecule has 104 valence electrons. The summed E-state index contributed by atoms with van der Waals surface area (Å²) in [5, 5.41) is 0.961. The summed E-state index contributed by atoms with van der Waals surface area (Å²) in [6.07, 6.45) is 3.51. The van der Waals surface area contributed by atoms with Crippen LogP contribution < -0.4 is 15.2 Å². The highest BCUT2D eigenvalue weighted by Gasteiger charge is 2.16. The average Bonchev–Trinajstić information content (AvgIpc) is 3.12. The third-order valence-corrected chi connectivity index (χ3v) is 4.46. The summed E-state index contributed by atoms with van der Waals surface area (Å²) in [7, 11) is 0. The van der Waals surface area contributed by atoms with E-state index in [1.807, 2.05) is 24.3 Å². The SMILES string of the molecule is NC(=O)c1cc2c(-c3ccc4c(c3)OCO4)cncc2s1. The molecule has 1 amide bonds. The highest BCUT2D eigenvalue weighted by Crippen LogP contribution is 2.39. The normalized spacial score (nSPS) is 12.8. The van der Waals surface area contributed by atoms with Crippen molar-refractivity contribution in [3.63, 3.8) is 0 Å². The predicted octanol–water partition coefficient (Wildman–Crippen LogP) is 2.79. The van der Waals surface area contributed by atoms with Crippen molar-refractivity contribution in [2.75, 3.05) is 6.79 Å². The van der Waals surface area contributed by atoms with Crippen molar-refractivity contribution in [1.29, 1.82) is 0 Å². The summed E-state index contributed by atoms with van der Waals surface area (Å²) in [6.45, 7) is 0.242. The van der Waals surface area contributed by atoms with Gasteiger partial charge < -0.3 is 15.2 Å². The van der Waals surface area contributed by atoms with Gasteiger partial charge in [-0.15, -0.1) is 11.3 Å². The first-order valence-corrected chi connectivity index (χ1v) is 7.11. The van der Waals surface area contributed by atoms with Gasteiger partial charge in [-0.05, 0) is 23.8 Å². The fraction of sp³-hybridized carbons (Fsp3) is 0.0667. The van der Waals surface area contributed by atoms with E-state index in [0.29, 0.717) is 4.88 Å². The molecule has 6 heteroatoms. The molecule has 4 rings (SSSR count). The molecule has 0 spiro atoms. The topological polar surface area (TPSA) is 74.4 Å². The number of thiophene rings is 1. The monoisotopic (exact) mass is 298 g/mol. The first-order valence-electron chi connectivity index (χ1n) is 6.30. The summed E-state index contributed by atoms with van der Waals surface area (Å²) in [5.41, 5.74) is 7.26. The fourth-order valence-electron chi connectivity index (χ4n) is 2.38. The lowest BCUT2D eigenvalue weighted by Gasteiger charge is -2.04. The third-order valence-electron chi connectivity index (χ3n) is 3.37. The number of amides is 1. The number of nitrogens with two attached hydrogens (primary N) is 1. The number of rotatable bonds is 2. The molecule has 0 bridgehead atoms. The zero-order valence-electron chi connectivity index (χ0n) is 10.8. The second-order valence-corrected chi connectivity index (χ2v) is 5.73. The number of nitrogens with zero attached hydrogens (tertiary/aromatic N) is 1. The van der Waals surface area contributed by atoms with Gasteiger partial charge in [-0.1, -0.05) is 6.07 Å². The van der Waals surface area contributed by atoms with Crippen LogP contribution in [0.3, 0.4) is 0 Å². The van der Waals surface area contributed by atoms with Crippen molar-refractivity contribution in [1.82, 2.24) is 4.98 Å². The Hall–Kier alpha value is -2.60. The molecule has 0 fully saturated rings. The van der Waals surface area contributed by atoms with Gasteiger partial charge in [-0.2, -0.15) is 0 Å². The summed E-state index contributed by atoms with van der Waals surface area (Å²) >= 11 is 1.35. The predicted molar refractivity (Wildman–Crippen MR) is 79.7 cm³/mol. The van der Waals surface area contributed by atoms with Crippen LogP contribution >= 0.6 is 11.3 Å². The Morgan fingerprint density at radius 2 is 2.05 bits per heavy atom. The molecule has 5 nitrogen and oxygen atoms in total. The maximum absolute atomic E-state index is 11.3. The lowest BCUT2D eigenvalue weighted by atomic mass is 10.0. The second-order valence-electron chi connectivity index (χ2n) is 4.64. The van der Waals surface area contributed by atoms with Gasteiger partial charge >= 0.3 is 0 Å². The number of ether oxygens (including phenoxy) is 2. The zero-order chi connectivity index (χ0) is 14.4. The van der Waals surface area contributed by atoms with Crippen molar-refractivity contribution in [3.8, 4) is 22.6 Å². The second kappa shape index (κ2) is 4.46. The third kappa shape index (κ3) is 1.92. The van der Waals surface area contributed by atoms with Gasteiger partial charge in [0, 0.05) is 23.3 Å². The molecule has 0 aliphatic carbocycles. The maximum Gasteiger partial charge on any atom is 0.258 e. The number of primary amides is 1. The van der Waals surface area contributed by atoms with E-state index >= 15 is 0 Å². The van der Waals surface area contributed by atoms with Crippen LogP contribution in [0.15, 0.2) is 36.7 Å². The molecule has 0 saturated heterocycles. The standard InChI is InChI=1S/C15H10N2O3S/c16-15(18)13-4-9-10(5-17-6-14(9)21-13)8-1-2-11-12(3-8)20-7-19-11/h1-6H,7H2,(H2,16,18). The highest BCUT2D eigenvalue weighted by molar-refractivity contribution is 7.20. The first-order chi connectivity index (χ1) is 10.2. The summed E-state index contributed by atoms with van der Waals surface area (Å²) in [5.74, 6) is 1.03. The molecular formula is C15H10N2O3S. The summed E-state index contributed by atoms with van der Waals surface area (Å²) in [6, 6.07) is 7.55. The number of hydrogen-bond acceptors (Lipinski definition) is 5. The van der Waals surface area contributed by atoms with Crippen LogP contribution in [0.5, 0.6) is 11.5 Å². The average molecular weight is 298 g/mol. The first kappa shape index (κ1) is 12.2. The lowest BCUT2D eigenvalue weighted by molar-refractivity contribution is 0.100. The Balaban J connectivity index is 1.91. The van der Waals surface area contributed by atoms with Gasteiger partial charge in [0.2, 0.25) is 6.79 Å². The van der Waals surface area contributed by atoms with E-state index in [2.05, 4.69) is 4.98 Å². The molecule has 2 aromatic heterocycles. The van der Waals surface area contributed by atoms with Crippen molar-refractivity contribution >= 4 is 27.3 Å². The number of benzene rings is 1. The Kier molecular flexibility index (Phi) is 2.58. The van der Waals surface area contributed by atoms with Crippen LogP contribution in [0.1, 0.15) is 9.67 Å². The molecule has 1 aromatic carbocycles. The van der Waals surface area contributed by atoms with E-state index in [0.717, 1.165) is 32.7 Å². The van der Waals surface area contributed by atoms with Crippen LogP contribution in [-0.2, 0) is 0 Å². The van der Waals surface area contributed by atoms with Gasteiger partial charge in [0.05, 0.1) is 9.58 Å². The van der Waals surface area contributed by atoms with Gasteiger partial charge in [-0.3, -0.25) is 9.78 Å². The van der Waals surface area contributed by atoms with Crippen LogP contribution in [0.4, 0.5) is 0 Å². The van der Waals surface area contributed by atoms with Crippen LogP contribution in [0.25, 0.3) is 21.2 Å². The van der Waals surface area contributed by atoms with Crippen molar-refractivity contribution in [2.45, 2.75) is 0 Å². The largest absolute Gasteiger partial charge is 0.454 e. The minimum atomic E-state index is -0.423. The highest BCUT2D eigenvalue weighted by atomic mass is 32.1. The van der Waals surface area contributed by atoms with Crippen molar-refractivity contribution in [2.24, 2.45) is 5.73 Å². The van der Waals surface area contributed by atoms with Crippen molar-refractivity contribution < 1.29 is 14.3 Å². The molecule has 3 aromatic rings. The Morgan fingerprint density at radius 1 is 1.19 bits per heavy atom. The van der Waals surface area contributed by atoms with Gasteiger partial charge in [0.15, 0.2) is 11.5 Å². The molecular weight excluding hydrogens is 288 g/mol. The molecule has 1 aliphatic heterocycles. The van der Waals surface area contributed by atoms with Gasteiger partial charge in [0.25, 0.3) is 5.91 Å². The molecule has 0 unspecified atom stereocenters. The minimum Gasteiger partial charge on any atom is -0.454 e. The lowest BCUT2D eigenvalue weighted by Crippen LogP contribution is -2.08. The number of hydrogen-bond donors (Lipinski definition) is 1. The maximum atomic E-state index is 11.3. The summed E-state index contributed by atoms with van der Waals surface area (Å²) < 4.78 is 11.6. The molecule has 1 aliphatic rings. The van der Waals surface area contributed by atoms with E-state index in [9.17, 15) is 4.79 Å². The number of carbonyl (C=O) groups excluding carboxylic acids is 1. The molecule has 2 N–H and O–H groups in total. The van der Waals surface area contributed by atoms with Gasteiger partial charge in [0.1, 0.15) is 0 Å². The zero-order valence-corrected chi connectivity index (χ0v) is 11.6. The summed E-state index contributed by atoms with van der Waals surface area (Å²) in [4.78, 5) is 16.1. The van der Waals surface area contributed by atoms with E-state index in [4.69, 9.17) is 15.2 Å². The molecule has 21 heavy (non-hydrogen) atoms. The van der Waals surface area contributed by atoms with E-state index in [1.54, 1.807) is 12.4 Å². The van der Waals surface area contributed by atoms with Crippen LogP contribution in [0.2, 0.25) is 0 Å². The Morgan fingerprint density at radius 3 is 2.90 bits per heavy atom. The molecule has 0 saturated carbocycles. The smallest absolute Gasteiger partial charge is 0.258 e. The number of carbonyl (C=O) groups is 1.